The molecule has 0 aliphatic carbocycles. The van der Waals surface area contributed by atoms with Gasteiger partial charge in [-0.05, 0) is 11.1 Å². The van der Waals surface area contributed by atoms with Crippen molar-refractivity contribution in [2.45, 2.75) is 7.85 Å². The molecule has 0 saturated carbocycles. The lowest BCUT2D eigenvalue weighted by atomic mass is 10.0. The summed E-state index contributed by atoms with van der Waals surface area (Å²) in [7, 11) is 0. The van der Waals surface area contributed by atoms with Gasteiger partial charge in [-0.15, -0.1) is 0 Å². The third-order valence-corrected chi connectivity index (χ3v) is 6.75. The molecule has 2 aromatic carbocycles. The maximum Gasteiger partial charge on any atom is 0.0518 e. The van der Waals surface area contributed by atoms with Crippen LogP contribution in [-0.4, -0.2) is 0 Å². The molecule has 0 bridgehead atoms. The zero-order valence-electron chi connectivity index (χ0n) is 8.68. The first-order valence-corrected chi connectivity index (χ1v) is 7.66. The molecule has 0 spiro atoms. The number of alkyl halides is 2. The smallest absolute Gasteiger partial charge is 0.0518 e. The molecule has 0 amide bonds. The standard InChI is InChI=1S/C14H12I2/c15-13(11-7-3-1-4-8-11)14(16)12-9-5-2-6-10-12/h1-10,13-14H. The average Bonchev–Trinajstić information content (AvgIpc) is 2.39. The molecule has 2 aromatic rings. The minimum atomic E-state index is 0.516. The van der Waals surface area contributed by atoms with Crippen molar-refractivity contribution in [2.24, 2.45) is 0 Å². The van der Waals surface area contributed by atoms with E-state index in [1.165, 1.54) is 11.1 Å². The zero-order valence-corrected chi connectivity index (χ0v) is 13.0. The summed E-state index contributed by atoms with van der Waals surface area (Å²) >= 11 is 5.06. The molecule has 0 aromatic heterocycles. The second-order valence-electron chi connectivity index (χ2n) is 3.62. The topological polar surface area (TPSA) is 0 Å². The minimum Gasteiger partial charge on any atom is -0.0759 e. The number of halogens is 2. The van der Waals surface area contributed by atoms with Crippen LogP contribution in [0.15, 0.2) is 60.7 Å². The fourth-order valence-corrected chi connectivity index (χ4v) is 3.27. The molecule has 2 rings (SSSR count). The van der Waals surface area contributed by atoms with Crippen LogP contribution in [0.4, 0.5) is 0 Å². The molecule has 0 aliphatic heterocycles. The Bertz CT molecular complexity index is 382. The highest BCUT2D eigenvalue weighted by atomic mass is 127. The van der Waals surface area contributed by atoms with Crippen molar-refractivity contribution < 1.29 is 0 Å². The van der Waals surface area contributed by atoms with E-state index in [4.69, 9.17) is 0 Å². The highest BCUT2D eigenvalue weighted by Gasteiger charge is 2.18. The largest absolute Gasteiger partial charge is 0.0759 e. The van der Waals surface area contributed by atoms with Gasteiger partial charge in [0.2, 0.25) is 0 Å². The molecule has 16 heavy (non-hydrogen) atoms. The third kappa shape index (κ3) is 2.97. The van der Waals surface area contributed by atoms with Crippen LogP contribution in [0.2, 0.25) is 0 Å². The third-order valence-electron chi connectivity index (χ3n) is 2.49. The Morgan fingerprint density at radius 2 is 0.875 bits per heavy atom. The summed E-state index contributed by atoms with van der Waals surface area (Å²) < 4.78 is 1.03. The monoisotopic (exact) mass is 434 g/mol. The molecular weight excluding hydrogens is 422 g/mol. The molecule has 2 unspecified atom stereocenters. The van der Waals surface area contributed by atoms with E-state index >= 15 is 0 Å². The van der Waals surface area contributed by atoms with E-state index in [-0.39, 0.29) is 0 Å². The summed E-state index contributed by atoms with van der Waals surface area (Å²) in [5, 5.41) is 0. The molecule has 2 atom stereocenters. The van der Waals surface area contributed by atoms with E-state index in [0.29, 0.717) is 7.85 Å². The minimum absolute atomic E-state index is 0.516. The van der Waals surface area contributed by atoms with Crippen molar-refractivity contribution in [3.63, 3.8) is 0 Å². The van der Waals surface area contributed by atoms with Gasteiger partial charge in [0.15, 0.2) is 0 Å². The number of hydrogen-bond donors (Lipinski definition) is 0. The average molecular weight is 434 g/mol. The van der Waals surface area contributed by atoms with Crippen LogP contribution in [0, 0.1) is 0 Å². The lowest BCUT2D eigenvalue weighted by Crippen LogP contribution is -1.98. The van der Waals surface area contributed by atoms with Crippen molar-refractivity contribution in [3.8, 4) is 0 Å². The summed E-state index contributed by atoms with van der Waals surface area (Å²) in [5.74, 6) is 0. The van der Waals surface area contributed by atoms with Gasteiger partial charge in [-0.25, -0.2) is 0 Å². The van der Waals surface area contributed by atoms with Crippen LogP contribution >= 0.6 is 45.2 Å². The molecule has 0 fully saturated rings. The normalized spacial score (nSPS) is 14.4. The second kappa shape index (κ2) is 6.00. The van der Waals surface area contributed by atoms with Gasteiger partial charge in [0.05, 0.1) is 7.85 Å². The SMILES string of the molecule is IC(c1ccccc1)C(I)c1ccccc1. The maximum atomic E-state index is 2.53. The molecular formula is C14H12I2. The van der Waals surface area contributed by atoms with Crippen molar-refractivity contribution in [2.75, 3.05) is 0 Å². The van der Waals surface area contributed by atoms with Crippen LogP contribution in [0.5, 0.6) is 0 Å². The van der Waals surface area contributed by atoms with Gasteiger partial charge in [-0.3, -0.25) is 0 Å². The Labute approximate surface area is 124 Å². The first-order valence-electron chi connectivity index (χ1n) is 5.17. The van der Waals surface area contributed by atoms with Crippen LogP contribution < -0.4 is 0 Å². The summed E-state index contributed by atoms with van der Waals surface area (Å²) in [6.07, 6.45) is 0. The zero-order chi connectivity index (χ0) is 11.4. The molecule has 0 radical (unpaired) electrons. The Kier molecular flexibility index (Phi) is 4.64. The van der Waals surface area contributed by atoms with Gasteiger partial charge < -0.3 is 0 Å². The highest BCUT2D eigenvalue weighted by molar-refractivity contribution is 14.1. The van der Waals surface area contributed by atoms with Gasteiger partial charge in [0, 0.05) is 0 Å². The Balaban J connectivity index is 2.20. The predicted molar refractivity (Wildman–Crippen MR) is 86.4 cm³/mol. The molecule has 0 heterocycles. The van der Waals surface area contributed by atoms with Crippen molar-refractivity contribution in [1.29, 1.82) is 0 Å². The molecule has 2 heteroatoms. The molecule has 0 nitrogen and oxygen atoms in total. The lowest BCUT2D eigenvalue weighted by molar-refractivity contribution is 0.973. The first-order chi connectivity index (χ1) is 7.79. The summed E-state index contributed by atoms with van der Waals surface area (Å²) in [6, 6.07) is 21.4. The fraction of sp³-hybridized carbons (Fsp3) is 0.143. The quantitative estimate of drug-likeness (QED) is 0.452. The van der Waals surface area contributed by atoms with E-state index in [9.17, 15) is 0 Å². The number of rotatable bonds is 3. The number of benzene rings is 2. The molecule has 0 aliphatic rings. The molecule has 0 saturated heterocycles. The van der Waals surface area contributed by atoms with Gasteiger partial charge >= 0.3 is 0 Å². The Morgan fingerprint density at radius 3 is 1.19 bits per heavy atom. The Morgan fingerprint density at radius 1 is 0.562 bits per heavy atom. The summed E-state index contributed by atoms with van der Waals surface area (Å²) in [5.41, 5.74) is 2.79. The van der Waals surface area contributed by atoms with E-state index in [1.807, 2.05) is 0 Å². The van der Waals surface area contributed by atoms with E-state index < -0.39 is 0 Å². The predicted octanol–water partition coefficient (Wildman–Crippen LogP) is 5.34. The van der Waals surface area contributed by atoms with Crippen molar-refractivity contribution >= 4 is 45.2 Å². The van der Waals surface area contributed by atoms with E-state index in [2.05, 4.69) is 106 Å². The van der Waals surface area contributed by atoms with Crippen LogP contribution in [0.3, 0.4) is 0 Å². The van der Waals surface area contributed by atoms with Gasteiger partial charge in [0.1, 0.15) is 0 Å². The van der Waals surface area contributed by atoms with Crippen LogP contribution in [0.1, 0.15) is 19.0 Å². The lowest BCUT2D eigenvalue weighted by Gasteiger charge is -2.17. The van der Waals surface area contributed by atoms with Gasteiger partial charge in [0.25, 0.3) is 0 Å². The van der Waals surface area contributed by atoms with Crippen LogP contribution in [-0.2, 0) is 0 Å². The molecule has 0 N–H and O–H groups in total. The number of hydrogen-bond acceptors (Lipinski definition) is 0. The van der Waals surface area contributed by atoms with E-state index in [1.54, 1.807) is 0 Å². The second-order valence-corrected chi connectivity index (χ2v) is 6.31. The highest BCUT2D eigenvalue weighted by Crippen LogP contribution is 2.42. The Hall–Kier alpha value is -0.100. The van der Waals surface area contributed by atoms with Crippen LogP contribution in [0.25, 0.3) is 0 Å². The molecule has 82 valence electrons. The first kappa shape index (κ1) is 12.4. The van der Waals surface area contributed by atoms with Gasteiger partial charge in [-0.1, -0.05) is 106 Å². The van der Waals surface area contributed by atoms with Gasteiger partial charge in [-0.2, -0.15) is 0 Å². The summed E-state index contributed by atoms with van der Waals surface area (Å²) in [6.45, 7) is 0. The maximum absolute atomic E-state index is 2.53. The van der Waals surface area contributed by atoms with Crippen molar-refractivity contribution in [3.05, 3.63) is 71.8 Å². The van der Waals surface area contributed by atoms with E-state index in [0.717, 1.165) is 0 Å². The summed E-state index contributed by atoms with van der Waals surface area (Å²) in [4.78, 5) is 0. The van der Waals surface area contributed by atoms with Crippen molar-refractivity contribution in [1.82, 2.24) is 0 Å². The fourth-order valence-electron chi connectivity index (χ4n) is 1.61.